The molecule has 0 bridgehead atoms. The highest BCUT2D eigenvalue weighted by Gasteiger charge is 2.16. The average molecular weight is 941 g/mol. The van der Waals surface area contributed by atoms with Crippen LogP contribution in [0.5, 0.6) is 0 Å². The van der Waals surface area contributed by atoms with Crippen molar-refractivity contribution in [3.8, 4) is 89.3 Å². The zero-order chi connectivity index (χ0) is 49.0. The quantitative estimate of drug-likeness (QED) is 0.136. The normalized spacial score (nSPS) is 11.5. The number of para-hydroxylation sites is 3. The van der Waals surface area contributed by atoms with Gasteiger partial charge in [0, 0.05) is 32.9 Å². The molecule has 2 heteroatoms. The Hall–Kier alpha value is -9.76. The Bertz CT molecular complexity index is 4350. The predicted octanol–water partition coefficient (Wildman–Crippen LogP) is 19.5. The van der Waals surface area contributed by atoms with Gasteiger partial charge in [0.05, 0.1) is 22.1 Å². The van der Waals surface area contributed by atoms with Gasteiger partial charge in [-0.1, -0.05) is 218 Å². The van der Waals surface area contributed by atoms with Crippen LogP contribution in [0.25, 0.3) is 133 Å². The summed E-state index contributed by atoms with van der Waals surface area (Å²) in [5.74, 6) is 0. The summed E-state index contributed by atoms with van der Waals surface area (Å²) in [5, 5.41) is 5.02. The van der Waals surface area contributed by atoms with Crippen LogP contribution >= 0.6 is 0 Å². The summed E-state index contributed by atoms with van der Waals surface area (Å²) >= 11 is 0. The summed E-state index contributed by atoms with van der Waals surface area (Å²) in [6.45, 7) is 0. The van der Waals surface area contributed by atoms with E-state index in [2.05, 4.69) is 300 Å². The summed E-state index contributed by atoms with van der Waals surface area (Å²) in [6, 6.07) is 106. The van der Waals surface area contributed by atoms with Crippen LogP contribution in [0, 0.1) is 0 Å². The van der Waals surface area contributed by atoms with Crippen molar-refractivity contribution in [3.63, 3.8) is 0 Å². The van der Waals surface area contributed by atoms with Gasteiger partial charge in [-0.3, -0.25) is 0 Å². The van der Waals surface area contributed by atoms with E-state index in [-0.39, 0.29) is 0 Å². The van der Waals surface area contributed by atoms with E-state index in [4.69, 9.17) is 0 Å². The third-order valence-corrected chi connectivity index (χ3v) is 14.9. The van der Waals surface area contributed by atoms with Crippen molar-refractivity contribution < 1.29 is 0 Å². The van der Waals surface area contributed by atoms with Gasteiger partial charge in [0.2, 0.25) is 0 Å². The highest BCUT2D eigenvalue weighted by molar-refractivity contribution is 6.11. The summed E-state index contributed by atoms with van der Waals surface area (Å²) in [7, 11) is 0. The molecule has 14 aromatic rings. The topological polar surface area (TPSA) is 9.86 Å². The lowest BCUT2D eigenvalue weighted by Gasteiger charge is -2.13. The van der Waals surface area contributed by atoms with E-state index in [1.165, 1.54) is 122 Å². The van der Waals surface area contributed by atoms with Crippen LogP contribution in [-0.4, -0.2) is 9.13 Å². The third kappa shape index (κ3) is 7.69. The van der Waals surface area contributed by atoms with Crippen LogP contribution < -0.4 is 0 Å². The van der Waals surface area contributed by atoms with Gasteiger partial charge in [-0.25, -0.2) is 0 Å². The lowest BCUT2D eigenvalue weighted by Crippen LogP contribution is -1.95. The first kappa shape index (κ1) is 43.1. The van der Waals surface area contributed by atoms with Gasteiger partial charge in [-0.15, -0.1) is 0 Å². The molecule has 12 aromatic carbocycles. The molecule has 346 valence electrons. The maximum absolute atomic E-state index is 2.43. The van der Waals surface area contributed by atoms with E-state index in [0.717, 1.165) is 11.4 Å². The Morgan fingerprint density at radius 1 is 0.149 bits per heavy atom. The molecule has 0 spiro atoms. The molecule has 0 aliphatic carbocycles. The first-order valence-corrected chi connectivity index (χ1v) is 25.5. The van der Waals surface area contributed by atoms with E-state index in [9.17, 15) is 0 Å². The standard InChI is InChI=1S/C72H48N2/c1-2-15-49(16-3-1)53-17-10-20-56(43-53)58-22-13-23-59(46-58)57-21-11-18-54(44-57)50-33-35-51(36-34-50)55-19-12-24-60(45-55)61-25-14-26-64(47-61)74-71-32-9-6-29-67(71)68-42-39-62(48-72(68)74)52-37-40-63(41-38-52)73-69-30-7-4-27-65(69)66-28-5-8-31-70(66)73/h1-48H. The van der Waals surface area contributed by atoms with Crippen LogP contribution in [0.15, 0.2) is 291 Å². The molecular formula is C72H48N2. The van der Waals surface area contributed by atoms with E-state index in [1.807, 2.05) is 0 Å². The number of hydrogen-bond donors (Lipinski definition) is 0. The Balaban J connectivity index is 0.746. The van der Waals surface area contributed by atoms with Crippen LogP contribution in [0.1, 0.15) is 0 Å². The fourth-order valence-electron chi connectivity index (χ4n) is 11.3. The SMILES string of the molecule is c1ccc(-c2cccc(-c3cccc(-c4cccc(-c5ccc(-c6cccc(-c7cccc(-n8c9ccccc9c9ccc(-c%10ccc(-n%11c%12ccccc%12c%12ccccc%12%11)cc%10)cc98)c7)c6)cc5)c4)c3)c2)cc1. The molecule has 0 amide bonds. The minimum Gasteiger partial charge on any atom is -0.309 e. The Labute approximate surface area is 431 Å². The second kappa shape index (κ2) is 18.1. The molecule has 0 saturated heterocycles. The van der Waals surface area contributed by atoms with Crippen molar-refractivity contribution >= 4 is 43.6 Å². The van der Waals surface area contributed by atoms with E-state index in [0.29, 0.717) is 0 Å². The van der Waals surface area contributed by atoms with Gasteiger partial charge in [0.25, 0.3) is 0 Å². The molecule has 14 rings (SSSR count). The third-order valence-electron chi connectivity index (χ3n) is 14.9. The van der Waals surface area contributed by atoms with Gasteiger partial charge >= 0.3 is 0 Å². The minimum absolute atomic E-state index is 1.13. The predicted molar refractivity (Wildman–Crippen MR) is 313 cm³/mol. The average Bonchev–Trinajstić information content (AvgIpc) is 4.03. The number of aromatic nitrogens is 2. The van der Waals surface area contributed by atoms with Gasteiger partial charge in [-0.2, -0.15) is 0 Å². The molecule has 0 aliphatic rings. The monoisotopic (exact) mass is 940 g/mol. The molecule has 0 saturated carbocycles. The molecule has 0 radical (unpaired) electrons. The fraction of sp³-hybridized carbons (Fsp3) is 0. The van der Waals surface area contributed by atoms with Gasteiger partial charge in [-0.05, 0) is 151 Å². The first-order valence-electron chi connectivity index (χ1n) is 25.5. The molecule has 0 fully saturated rings. The van der Waals surface area contributed by atoms with Crippen molar-refractivity contribution in [2.45, 2.75) is 0 Å². The smallest absolute Gasteiger partial charge is 0.0547 e. The molecule has 0 N–H and O–H groups in total. The van der Waals surface area contributed by atoms with Crippen molar-refractivity contribution in [1.29, 1.82) is 0 Å². The fourth-order valence-corrected chi connectivity index (χ4v) is 11.3. The van der Waals surface area contributed by atoms with Crippen molar-refractivity contribution in [1.82, 2.24) is 9.13 Å². The second-order valence-corrected chi connectivity index (χ2v) is 19.3. The highest BCUT2D eigenvalue weighted by atomic mass is 15.0. The van der Waals surface area contributed by atoms with Crippen LogP contribution in [-0.2, 0) is 0 Å². The molecule has 2 nitrogen and oxygen atoms in total. The van der Waals surface area contributed by atoms with Crippen molar-refractivity contribution in [3.05, 3.63) is 291 Å². The van der Waals surface area contributed by atoms with Gasteiger partial charge in [0.1, 0.15) is 0 Å². The molecular weight excluding hydrogens is 893 g/mol. The van der Waals surface area contributed by atoms with Crippen LogP contribution in [0.3, 0.4) is 0 Å². The summed E-state index contributed by atoms with van der Waals surface area (Å²) in [5.41, 5.74) is 23.8. The largest absolute Gasteiger partial charge is 0.309 e. The van der Waals surface area contributed by atoms with Crippen LogP contribution in [0.2, 0.25) is 0 Å². The Morgan fingerprint density at radius 2 is 0.432 bits per heavy atom. The number of benzene rings is 12. The maximum Gasteiger partial charge on any atom is 0.0547 e. The molecule has 2 aromatic heterocycles. The van der Waals surface area contributed by atoms with Gasteiger partial charge in [0.15, 0.2) is 0 Å². The van der Waals surface area contributed by atoms with E-state index in [1.54, 1.807) is 0 Å². The van der Waals surface area contributed by atoms with E-state index >= 15 is 0 Å². The first-order chi connectivity index (χ1) is 36.7. The highest BCUT2D eigenvalue weighted by Crippen LogP contribution is 2.39. The number of rotatable bonds is 9. The lowest BCUT2D eigenvalue weighted by molar-refractivity contribution is 1.18. The molecule has 2 heterocycles. The summed E-state index contributed by atoms with van der Waals surface area (Å²) < 4.78 is 4.81. The van der Waals surface area contributed by atoms with E-state index < -0.39 is 0 Å². The number of fused-ring (bicyclic) bond motifs is 6. The van der Waals surface area contributed by atoms with Crippen molar-refractivity contribution in [2.75, 3.05) is 0 Å². The minimum atomic E-state index is 1.13. The zero-order valence-electron chi connectivity index (χ0n) is 40.6. The molecule has 0 atom stereocenters. The maximum atomic E-state index is 2.43. The Morgan fingerprint density at radius 3 is 0.878 bits per heavy atom. The number of hydrogen-bond acceptors (Lipinski definition) is 0. The van der Waals surface area contributed by atoms with Gasteiger partial charge < -0.3 is 9.13 Å². The summed E-state index contributed by atoms with van der Waals surface area (Å²) in [4.78, 5) is 0. The lowest BCUT2D eigenvalue weighted by atomic mass is 9.94. The van der Waals surface area contributed by atoms with Crippen LogP contribution in [0.4, 0.5) is 0 Å². The second-order valence-electron chi connectivity index (χ2n) is 19.3. The summed E-state index contributed by atoms with van der Waals surface area (Å²) in [6.07, 6.45) is 0. The molecule has 0 aliphatic heterocycles. The zero-order valence-corrected chi connectivity index (χ0v) is 40.6. The van der Waals surface area contributed by atoms with Crippen molar-refractivity contribution in [2.24, 2.45) is 0 Å². The molecule has 74 heavy (non-hydrogen) atoms. The molecule has 0 unspecified atom stereocenters. The Kier molecular flexibility index (Phi) is 10.6. The number of nitrogens with zero attached hydrogens (tertiary/aromatic N) is 2.